The summed E-state index contributed by atoms with van der Waals surface area (Å²) >= 11 is 0. The predicted molar refractivity (Wildman–Crippen MR) is 99.9 cm³/mol. The molecule has 1 aliphatic rings. The molecule has 2 aromatic rings. The number of hydrogen-bond acceptors (Lipinski definition) is 4. The van der Waals surface area contributed by atoms with Gasteiger partial charge in [0.05, 0.1) is 5.56 Å². The van der Waals surface area contributed by atoms with Gasteiger partial charge < -0.3 is 15.3 Å². The topological polar surface area (TPSA) is 55.8 Å². The minimum absolute atomic E-state index is 0.318. The van der Waals surface area contributed by atoms with Crippen LogP contribution in [0.2, 0.25) is 0 Å². The lowest BCUT2D eigenvalue weighted by Gasteiger charge is -2.32. The minimum Gasteiger partial charge on any atom is -0.478 e. The summed E-state index contributed by atoms with van der Waals surface area (Å²) in [6, 6.07) is 15.5. The Bertz CT molecular complexity index is 707. The Balaban J connectivity index is 1.55. The molecule has 0 spiro atoms. The van der Waals surface area contributed by atoms with E-state index in [-0.39, 0.29) is 0 Å². The largest absolute Gasteiger partial charge is 0.478 e. The molecule has 5 nitrogen and oxygen atoms in total. The fraction of sp³-hybridized carbons (Fsp3) is 0.350. The standard InChI is InChI=1S/C20H25N3O2/c1-22-9-11-23(12-10-22)15-17-3-2-4-19(13-17)21-14-16-5-7-18(8-6-16)20(24)25/h2-8,13,21H,9-12,14-15H2,1H3,(H,24,25). The van der Waals surface area contributed by atoms with E-state index >= 15 is 0 Å². The molecule has 25 heavy (non-hydrogen) atoms. The summed E-state index contributed by atoms with van der Waals surface area (Å²) in [6.07, 6.45) is 0. The molecule has 2 N–H and O–H groups in total. The molecule has 3 rings (SSSR count). The van der Waals surface area contributed by atoms with Crippen LogP contribution in [0.1, 0.15) is 21.5 Å². The lowest BCUT2D eigenvalue weighted by Crippen LogP contribution is -2.43. The molecule has 0 radical (unpaired) electrons. The number of hydrogen-bond donors (Lipinski definition) is 2. The quantitative estimate of drug-likeness (QED) is 0.847. The van der Waals surface area contributed by atoms with Crippen molar-refractivity contribution in [2.75, 3.05) is 38.5 Å². The summed E-state index contributed by atoms with van der Waals surface area (Å²) in [6.45, 7) is 6.15. The first-order chi connectivity index (χ1) is 12.1. The van der Waals surface area contributed by atoms with Gasteiger partial charge in [0.25, 0.3) is 0 Å². The zero-order valence-electron chi connectivity index (χ0n) is 14.6. The van der Waals surface area contributed by atoms with Crippen LogP contribution >= 0.6 is 0 Å². The normalized spacial score (nSPS) is 15.9. The number of anilines is 1. The third kappa shape index (κ3) is 5.05. The van der Waals surface area contributed by atoms with Gasteiger partial charge in [0, 0.05) is 45.0 Å². The number of benzene rings is 2. The average molecular weight is 339 g/mol. The van der Waals surface area contributed by atoms with Gasteiger partial charge >= 0.3 is 5.97 Å². The number of likely N-dealkylation sites (N-methyl/N-ethyl adjacent to an activating group) is 1. The molecule has 0 amide bonds. The minimum atomic E-state index is -0.892. The van der Waals surface area contributed by atoms with Crippen LogP contribution in [0.3, 0.4) is 0 Å². The first-order valence-electron chi connectivity index (χ1n) is 8.66. The highest BCUT2D eigenvalue weighted by atomic mass is 16.4. The van der Waals surface area contributed by atoms with E-state index in [0.717, 1.165) is 44.0 Å². The van der Waals surface area contributed by atoms with Crippen molar-refractivity contribution in [3.63, 3.8) is 0 Å². The molecular formula is C20H25N3O2. The Morgan fingerprint density at radius 3 is 2.44 bits per heavy atom. The van der Waals surface area contributed by atoms with Crippen molar-refractivity contribution in [1.29, 1.82) is 0 Å². The van der Waals surface area contributed by atoms with E-state index in [1.165, 1.54) is 5.56 Å². The molecule has 1 heterocycles. The van der Waals surface area contributed by atoms with E-state index in [1.54, 1.807) is 12.1 Å². The Morgan fingerprint density at radius 2 is 1.76 bits per heavy atom. The van der Waals surface area contributed by atoms with Crippen molar-refractivity contribution < 1.29 is 9.90 Å². The van der Waals surface area contributed by atoms with E-state index in [9.17, 15) is 4.79 Å². The third-order valence-electron chi connectivity index (χ3n) is 4.63. The summed E-state index contributed by atoms with van der Waals surface area (Å²) in [5.74, 6) is -0.892. The first-order valence-corrected chi connectivity index (χ1v) is 8.66. The average Bonchev–Trinajstić information content (AvgIpc) is 2.63. The molecule has 0 bridgehead atoms. The lowest BCUT2D eigenvalue weighted by molar-refractivity contribution is 0.0697. The van der Waals surface area contributed by atoms with Gasteiger partial charge in [0.15, 0.2) is 0 Å². The number of rotatable bonds is 6. The molecule has 1 fully saturated rings. The van der Waals surface area contributed by atoms with Gasteiger partial charge in [-0.2, -0.15) is 0 Å². The van der Waals surface area contributed by atoms with Crippen molar-refractivity contribution in [3.05, 3.63) is 65.2 Å². The fourth-order valence-electron chi connectivity index (χ4n) is 3.01. The highest BCUT2D eigenvalue weighted by Crippen LogP contribution is 2.15. The monoisotopic (exact) mass is 339 g/mol. The van der Waals surface area contributed by atoms with Crippen LogP contribution in [-0.4, -0.2) is 54.1 Å². The van der Waals surface area contributed by atoms with Gasteiger partial charge in [0.1, 0.15) is 0 Å². The number of aromatic carboxylic acids is 1. The van der Waals surface area contributed by atoms with E-state index < -0.39 is 5.97 Å². The van der Waals surface area contributed by atoms with Crippen molar-refractivity contribution in [3.8, 4) is 0 Å². The van der Waals surface area contributed by atoms with Gasteiger partial charge in [-0.15, -0.1) is 0 Å². The maximum Gasteiger partial charge on any atom is 0.335 e. The molecule has 2 aromatic carbocycles. The summed E-state index contributed by atoms with van der Waals surface area (Å²) < 4.78 is 0. The number of carboxylic acids is 1. The smallest absolute Gasteiger partial charge is 0.335 e. The van der Waals surface area contributed by atoms with Gasteiger partial charge in [-0.1, -0.05) is 24.3 Å². The van der Waals surface area contributed by atoms with E-state index in [1.807, 2.05) is 12.1 Å². The second-order valence-electron chi connectivity index (χ2n) is 6.64. The highest BCUT2D eigenvalue weighted by Gasteiger charge is 2.13. The van der Waals surface area contributed by atoms with Crippen LogP contribution in [0, 0.1) is 0 Å². The van der Waals surface area contributed by atoms with Crippen LogP contribution in [0.15, 0.2) is 48.5 Å². The zero-order chi connectivity index (χ0) is 17.6. The van der Waals surface area contributed by atoms with Crippen molar-refractivity contribution in [2.45, 2.75) is 13.1 Å². The number of carbonyl (C=O) groups is 1. The number of nitrogens with one attached hydrogen (secondary N) is 1. The molecular weight excluding hydrogens is 314 g/mol. The van der Waals surface area contributed by atoms with E-state index in [0.29, 0.717) is 12.1 Å². The first kappa shape index (κ1) is 17.5. The van der Waals surface area contributed by atoms with Gasteiger partial charge in [-0.05, 0) is 42.4 Å². The Labute approximate surface area is 148 Å². The van der Waals surface area contributed by atoms with Gasteiger partial charge in [0.2, 0.25) is 0 Å². The number of nitrogens with zero attached hydrogens (tertiary/aromatic N) is 2. The van der Waals surface area contributed by atoms with Gasteiger partial charge in [-0.3, -0.25) is 4.90 Å². The molecule has 1 saturated heterocycles. The summed E-state index contributed by atoms with van der Waals surface area (Å²) in [4.78, 5) is 15.7. The predicted octanol–water partition coefficient (Wildman–Crippen LogP) is 2.74. The molecule has 0 aliphatic carbocycles. The van der Waals surface area contributed by atoms with Crippen molar-refractivity contribution >= 4 is 11.7 Å². The Kier molecular flexibility index (Phi) is 5.68. The second kappa shape index (κ2) is 8.14. The summed E-state index contributed by atoms with van der Waals surface area (Å²) in [5, 5.41) is 12.4. The maximum absolute atomic E-state index is 10.9. The fourth-order valence-corrected chi connectivity index (χ4v) is 3.01. The number of carboxylic acid groups (broad SMARTS) is 1. The van der Waals surface area contributed by atoms with Crippen LogP contribution in [0.5, 0.6) is 0 Å². The van der Waals surface area contributed by atoms with E-state index in [4.69, 9.17) is 5.11 Å². The van der Waals surface area contributed by atoms with Gasteiger partial charge in [-0.25, -0.2) is 4.79 Å². The SMILES string of the molecule is CN1CCN(Cc2cccc(NCc3ccc(C(=O)O)cc3)c2)CC1. The van der Waals surface area contributed by atoms with Crippen molar-refractivity contribution in [2.24, 2.45) is 0 Å². The molecule has 0 saturated carbocycles. The van der Waals surface area contributed by atoms with Crippen LogP contribution < -0.4 is 5.32 Å². The van der Waals surface area contributed by atoms with Crippen LogP contribution in [-0.2, 0) is 13.1 Å². The summed E-state index contributed by atoms with van der Waals surface area (Å²) in [7, 11) is 2.17. The second-order valence-corrected chi connectivity index (χ2v) is 6.64. The molecule has 0 atom stereocenters. The maximum atomic E-state index is 10.9. The summed E-state index contributed by atoms with van der Waals surface area (Å²) in [5.41, 5.74) is 3.79. The zero-order valence-corrected chi connectivity index (χ0v) is 14.6. The molecule has 0 aromatic heterocycles. The lowest BCUT2D eigenvalue weighted by atomic mass is 10.1. The van der Waals surface area contributed by atoms with Crippen LogP contribution in [0.25, 0.3) is 0 Å². The Morgan fingerprint density at radius 1 is 1.04 bits per heavy atom. The Hall–Kier alpha value is -2.37. The molecule has 1 aliphatic heterocycles. The number of piperazine rings is 1. The van der Waals surface area contributed by atoms with Crippen LogP contribution in [0.4, 0.5) is 5.69 Å². The van der Waals surface area contributed by atoms with Crippen molar-refractivity contribution in [1.82, 2.24) is 9.80 Å². The molecule has 0 unspecified atom stereocenters. The van der Waals surface area contributed by atoms with E-state index in [2.05, 4.69) is 46.4 Å². The third-order valence-corrected chi connectivity index (χ3v) is 4.63. The highest BCUT2D eigenvalue weighted by molar-refractivity contribution is 5.87. The molecule has 132 valence electrons. The molecule has 5 heteroatoms.